The molecule has 2 atom stereocenters. The molecule has 0 unspecified atom stereocenters. The van der Waals surface area contributed by atoms with Crippen LogP contribution in [0.4, 0.5) is 0 Å². The maximum Gasteiger partial charge on any atom is 0.333 e. The highest BCUT2D eigenvalue weighted by Crippen LogP contribution is 2.32. The molecule has 0 bridgehead atoms. The molecule has 0 saturated carbocycles. The number of amides is 1. The van der Waals surface area contributed by atoms with Gasteiger partial charge in [0.1, 0.15) is 0 Å². The third-order valence-electron chi connectivity index (χ3n) is 4.99. The molecule has 1 N–H and O–H groups in total. The van der Waals surface area contributed by atoms with E-state index in [0.717, 1.165) is 16.3 Å². The lowest BCUT2D eigenvalue weighted by molar-refractivity contribution is -0.151. The smallest absolute Gasteiger partial charge is 0.333 e. The molecule has 0 aliphatic rings. The van der Waals surface area contributed by atoms with Crippen molar-refractivity contribution in [2.24, 2.45) is 0 Å². The van der Waals surface area contributed by atoms with E-state index in [0.29, 0.717) is 5.56 Å². The third-order valence-corrected chi connectivity index (χ3v) is 4.99. The Morgan fingerprint density at radius 2 is 1.54 bits per heavy atom. The summed E-state index contributed by atoms with van der Waals surface area (Å²) in [5, 5.41) is 4.72. The van der Waals surface area contributed by atoms with Crippen LogP contribution in [-0.2, 0) is 24.7 Å². The van der Waals surface area contributed by atoms with Crippen molar-refractivity contribution in [2.45, 2.75) is 18.6 Å². The summed E-state index contributed by atoms with van der Waals surface area (Å²) < 4.78 is 10.6. The fraction of sp³-hybridized carbons (Fsp3) is 0.217. The van der Waals surface area contributed by atoms with Gasteiger partial charge in [0.15, 0.2) is 11.6 Å². The molecule has 0 heterocycles. The van der Waals surface area contributed by atoms with Crippen LogP contribution in [0, 0.1) is 0 Å². The molecule has 0 aliphatic carbocycles. The van der Waals surface area contributed by atoms with E-state index < -0.39 is 23.5 Å². The quantitative estimate of drug-likeness (QED) is 0.665. The van der Waals surface area contributed by atoms with E-state index in [1.54, 1.807) is 31.2 Å². The van der Waals surface area contributed by atoms with E-state index in [1.165, 1.54) is 14.2 Å². The summed E-state index contributed by atoms with van der Waals surface area (Å²) in [7, 11) is 2.78. The first-order chi connectivity index (χ1) is 13.5. The van der Waals surface area contributed by atoms with Gasteiger partial charge in [-0.15, -0.1) is 0 Å². The van der Waals surface area contributed by atoms with Crippen LogP contribution in [0.5, 0.6) is 0 Å². The van der Waals surface area contributed by atoms with Gasteiger partial charge in [-0.2, -0.15) is 0 Å². The number of hydrogen-bond acceptors (Lipinski definition) is 4. The van der Waals surface area contributed by atoms with E-state index >= 15 is 0 Å². The minimum Gasteiger partial charge on any atom is -0.467 e. The normalized spacial score (nSPS) is 14.1. The molecule has 144 valence electrons. The number of hydrogen-bond donors (Lipinski definition) is 1. The molecule has 0 spiro atoms. The zero-order chi connectivity index (χ0) is 20.1. The second-order valence-corrected chi connectivity index (χ2v) is 6.60. The Morgan fingerprint density at radius 3 is 2.21 bits per heavy atom. The van der Waals surface area contributed by atoms with Crippen molar-refractivity contribution in [3.05, 3.63) is 83.9 Å². The van der Waals surface area contributed by atoms with Crippen LogP contribution in [0.25, 0.3) is 10.8 Å². The molecule has 0 aromatic heterocycles. The Kier molecular flexibility index (Phi) is 5.76. The first-order valence-electron chi connectivity index (χ1n) is 8.98. The average Bonchev–Trinajstić information content (AvgIpc) is 2.76. The van der Waals surface area contributed by atoms with Crippen LogP contribution in [0.2, 0.25) is 0 Å². The second-order valence-electron chi connectivity index (χ2n) is 6.60. The number of nitrogens with one attached hydrogen (secondary N) is 1. The lowest BCUT2D eigenvalue weighted by Gasteiger charge is -2.30. The van der Waals surface area contributed by atoms with Crippen LogP contribution >= 0.6 is 0 Å². The number of fused-ring (bicyclic) bond motifs is 1. The van der Waals surface area contributed by atoms with Crippen LogP contribution < -0.4 is 5.32 Å². The summed E-state index contributed by atoms with van der Waals surface area (Å²) in [4.78, 5) is 25.6. The topological polar surface area (TPSA) is 64.6 Å². The molecular formula is C23H23NO4. The van der Waals surface area contributed by atoms with Crippen molar-refractivity contribution >= 4 is 22.6 Å². The number of carbonyl (C=O) groups excluding carboxylic acids is 2. The van der Waals surface area contributed by atoms with Gasteiger partial charge in [-0.3, -0.25) is 4.79 Å². The van der Waals surface area contributed by atoms with Crippen molar-refractivity contribution < 1.29 is 19.1 Å². The minimum absolute atomic E-state index is 0.425. The first-order valence-corrected chi connectivity index (χ1v) is 8.98. The Labute approximate surface area is 164 Å². The van der Waals surface area contributed by atoms with Gasteiger partial charge in [0.25, 0.3) is 5.91 Å². The van der Waals surface area contributed by atoms with Gasteiger partial charge >= 0.3 is 5.97 Å². The molecule has 0 fully saturated rings. The van der Waals surface area contributed by atoms with Crippen molar-refractivity contribution in [2.75, 3.05) is 14.2 Å². The predicted molar refractivity (Wildman–Crippen MR) is 108 cm³/mol. The fourth-order valence-corrected chi connectivity index (χ4v) is 3.28. The lowest BCUT2D eigenvalue weighted by atomic mass is 9.89. The van der Waals surface area contributed by atoms with Gasteiger partial charge in [0.05, 0.1) is 7.11 Å². The molecule has 1 amide bonds. The van der Waals surface area contributed by atoms with Gasteiger partial charge in [-0.05, 0) is 23.3 Å². The van der Waals surface area contributed by atoms with E-state index in [4.69, 9.17) is 9.47 Å². The molecule has 5 nitrogen and oxygen atoms in total. The predicted octanol–water partition coefficient (Wildman–Crippen LogP) is 3.73. The van der Waals surface area contributed by atoms with Crippen LogP contribution in [0.15, 0.2) is 72.8 Å². The fourth-order valence-electron chi connectivity index (χ4n) is 3.28. The van der Waals surface area contributed by atoms with Crippen LogP contribution in [-0.4, -0.2) is 26.1 Å². The average molecular weight is 377 g/mol. The highest BCUT2D eigenvalue weighted by Gasteiger charge is 2.39. The number of esters is 1. The molecule has 0 aliphatic heterocycles. The Hall–Kier alpha value is -3.18. The summed E-state index contributed by atoms with van der Waals surface area (Å²) in [5.74, 6) is -0.971. The summed E-state index contributed by atoms with van der Waals surface area (Å²) in [6.07, 6.45) is 0. The van der Waals surface area contributed by atoms with Crippen LogP contribution in [0.1, 0.15) is 24.1 Å². The van der Waals surface area contributed by atoms with Crippen molar-refractivity contribution in [3.63, 3.8) is 0 Å². The Bertz CT molecular complexity index is 981. The monoisotopic (exact) mass is 377 g/mol. The SMILES string of the molecule is COC(=O)[C@@H](NC(=O)[C@@](C)(OC)c1cccc2ccccc12)c1ccccc1. The van der Waals surface area contributed by atoms with E-state index in [9.17, 15) is 9.59 Å². The van der Waals surface area contributed by atoms with E-state index in [1.807, 2.05) is 48.5 Å². The van der Waals surface area contributed by atoms with E-state index in [2.05, 4.69) is 5.32 Å². The standard InChI is InChI=1S/C23H23NO4/c1-23(28-3,19-15-9-13-16-10-7-8-14-18(16)19)22(26)24-20(21(25)27-2)17-11-5-4-6-12-17/h4-15,20H,1-3H3,(H,24,26)/t20-,23-/m0/s1. The largest absolute Gasteiger partial charge is 0.467 e. The van der Waals surface area contributed by atoms with Gasteiger partial charge < -0.3 is 14.8 Å². The molecule has 3 aromatic carbocycles. The molecule has 28 heavy (non-hydrogen) atoms. The second kappa shape index (κ2) is 8.23. The Balaban J connectivity index is 2.01. The van der Waals surface area contributed by atoms with Crippen molar-refractivity contribution in [1.29, 1.82) is 0 Å². The number of ether oxygens (including phenoxy) is 2. The summed E-state index contributed by atoms with van der Waals surface area (Å²) in [6.45, 7) is 1.70. The highest BCUT2D eigenvalue weighted by atomic mass is 16.5. The lowest BCUT2D eigenvalue weighted by Crippen LogP contribution is -2.47. The summed E-state index contributed by atoms with van der Waals surface area (Å²) in [5.41, 5.74) is 0.0726. The number of methoxy groups -OCH3 is 2. The minimum atomic E-state index is -1.29. The summed E-state index contributed by atoms with van der Waals surface area (Å²) in [6, 6.07) is 21.6. The van der Waals surface area contributed by atoms with Gasteiger partial charge in [0, 0.05) is 12.7 Å². The van der Waals surface area contributed by atoms with Crippen LogP contribution in [0.3, 0.4) is 0 Å². The number of benzene rings is 3. The van der Waals surface area contributed by atoms with E-state index in [-0.39, 0.29) is 0 Å². The molecule has 5 heteroatoms. The molecule has 3 rings (SSSR count). The van der Waals surface area contributed by atoms with Crippen molar-refractivity contribution in [1.82, 2.24) is 5.32 Å². The zero-order valence-electron chi connectivity index (χ0n) is 16.1. The number of rotatable bonds is 6. The van der Waals surface area contributed by atoms with Gasteiger partial charge in [0.2, 0.25) is 0 Å². The molecule has 0 radical (unpaired) electrons. The van der Waals surface area contributed by atoms with Gasteiger partial charge in [-0.1, -0.05) is 72.8 Å². The number of carbonyl (C=O) groups is 2. The van der Waals surface area contributed by atoms with Gasteiger partial charge in [-0.25, -0.2) is 4.79 Å². The summed E-state index contributed by atoms with van der Waals surface area (Å²) >= 11 is 0. The molecule has 0 saturated heterocycles. The molecule has 3 aromatic rings. The van der Waals surface area contributed by atoms with Crippen molar-refractivity contribution in [3.8, 4) is 0 Å². The maximum atomic E-state index is 13.3. The molecular weight excluding hydrogens is 354 g/mol. The third kappa shape index (κ3) is 3.62. The zero-order valence-corrected chi connectivity index (χ0v) is 16.1. The maximum absolute atomic E-state index is 13.3. The first kappa shape index (κ1) is 19.6. The Morgan fingerprint density at radius 1 is 0.893 bits per heavy atom. The highest BCUT2D eigenvalue weighted by molar-refractivity contribution is 5.96.